The van der Waals surface area contributed by atoms with Gasteiger partial charge in [0, 0.05) is 11.9 Å². The SMILES string of the molecule is O=C(Nc1ccc(S(=O)(=O)Nc2ccccn2)cc1)[C@@H]1CN(S(=O)(=O)Cc2ccccc2)c2ccccc2O1. The summed E-state index contributed by atoms with van der Waals surface area (Å²) in [4.78, 5) is 17.1. The summed E-state index contributed by atoms with van der Waals surface area (Å²) < 4.78 is 61.5. The lowest BCUT2D eigenvalue weighted by Gasteiger charge is -2.34. The number of ether oxygens (including phenoxy) is 1. The van der Waals surface area contributed by atoms with Gasteiger partial charge in [0.2, 0.25) is 10.0 Å². The molecule has 0 bridgehead atoms. The van der Waals surface area contributed by atoms with Crippen LogP contribution < -0.4 is 19.1 Å². The molecule has 1 aromatic heterocycles. The maximum atomic E-state index is 13.4. The van der Waals surface area contributed by atoms with E-state index in [2.05, 4.69) is 15.0 Å². The molecule has 1 amide bonds. The lowest BCUT2D eigenvalue weighted by molar-refractivity contribution is -0.122. The quantitative estimate of drug-likeness (QED) is 0.334. The van der Waals surface area contributed by atoms with E-state index in [0.717, 1.165) is 0 Å². The number of sulfonamides is 2. The third-order valence-electron chi connectivity index (χ3n) is 5.89. The van der Waals surface area contributed by atoms with Crippen molar-refractivity contribution in [2.45, 2.75) is 16.8 Å². The molecular weight excluding hydrogens is 540 g/mol. The summed E-state index contributed by atoms with van der Waals surface area (Å²) >= 11 is 0. The molecule has 0 unspecified atom stereocenters. The summed E-state index contributed by atoms with van der Waals surface area (Å²) in [7, 11) is -7.73. The molecule has 0 saturated heterocycles. The summed E-state index contributed by atoms with van der Waals surface area (Å²) in [6.45, 7) is -0.224. The van der Waals surface area contributed by atoms with Gasteiger partial charge in [0.15, 0.2) is 6.10 Å². The molecule has 0 spiro atoms. The van der Waals surface area contributed by atoms with Gasteiger partial charge in [0.25, 0.3) is 15.9 Å². The number of anilines is 3. The van der Waals surface area contributed by atoms with Crippen molar-refractivity contribution < 1.29 is 26.4 Å². The Bertz CT molecular complexity index is 1680. The molecule has 39 heavy (non-hydrogen) atoms. The minimum atomic E-state index is -3.89. The van der Waals surface area contributed by atoms with Crippen LogP contribution in [0.5, 0.6) is 5.75 Å². The predicted octanol–water partition coefficient (Wildman–Crippen LogP) is 3.62. The summed E-state index contributed by atoms with van der Waals surface area (Å²) in [6, 6.07) is 25.8. The van der Waals surface area contributed by atoms with Gasteiger partial charge in [-0.3, -0.25) is 13.8 Å². The average Bonchev–Trinajstić information content (AvgIpc) is 2.93. The monoisotopic (exact) mass is 564 g/mol. The first-order valence-electron chi connectivity index (χ1n) is 11.9. The zero-order valence-corrected chi connectivity index (χ0v) is 22.1. The number of rotatable bonds is 8. The molecule has 4 aromatic rings. The zero-order valence-electron chi connectivity index (χ0n) is 20.5. The van der Waals surface area contributed by atoms with E-state index in [1.54, 1.807) is 66.7 Å². The molecule has 1 atom stereocenters. The first-order chi connectivity index (χ1) is 18.7. The number of carbonyl (C=O) groups is 1. The van der Waals surface area contributed by atoms with Gasteiger partial charge >= 0.3 is 0 Å². The van der Waals surface area contributed by atoms with Gasteiger partial charge in [-0.25, -0.2) is 21.8 Å². The van der Waals surface area contributed by atoms with Crippen LogP contribution in [0.25, 0.3) is 0 Å². The summed E-state index contributed by atoms with van der Waals surface area (Å²) in [5.74, 6) is -0.371. The van der Waals surface area contributed by atoms with Crippen molar-refractivity contribution in [2.24, 2.45) is 0 Å². The van der Waals surface area contributed by atoms with Crippen molar-refractivity contribution in [1.29, 1.82) is 0 Å². The van der Waals surface area contributed by atoms with Crippen LogP contribution in [0.4, 0.5) is 17.2 Å². The third kappa shape index (κ3) is 6.02. The molecule has 5 rings (SSSR count). The maximum absolute atomic E-state index is 13.4. The van der Waals surface area contributed by atoms with Crippen LogP contribution in [0.3, 0.4) is 0 Å². The number of pyridine rings is 1. The number of nitrogens with one attached hydrogen (secondary N) is 2. The van der Waals surface area contributed by atoms with Gasteiger partial charge in [-0.1, -0.05) is 48.5 Å². The Morgan fingerprint density at radius 1 is 0.872 bits per heavy atom. The summed E-state index contributed by atoms with van der Waals surface area (Å²) in [6.07, 6.45) is 0.329. The lowest BCUT2D eigenvalue weighted by atomic mass is 10.2. The van der Waals surface area contributed by atoms with Crippen LogP contribution in [0.2, 0.25) is 0 Å². The number of nitrogens with zero attached hydrogens (tertiary/aromatic N) is 2. The van der Waals surface area contributed by atoms with E-state index < -0.39 is 32.1 Å². The molecule has 3 aromatic carbocycles. The minimum absolute atomic E-state index is 0.0211. The van der Waals surface area contributed by atoms with Gasteiger partial charge in [0.1, 0.15) is 11.6 Å². The topological polar surface area (TPSA) is 135 Å². The highest BCUT2D eigenvalue weighted by atomic mass is 32.2. The smallest absolute Gasteiger partial charge is 0.267 e. The first-order valence-corrected chi connectivity index (χ1v) is 15.0. The van der Waals surface area contributed by atoms with E-state index in [1.165, 1.54) is 40.8 Å². The second-order valence-electron chi connectivity index (χ2n) is 8.68. The molecule has 1 aliphatic heterocycles. The van der Waals surface area contributed by atoms with Gasteiger partial charge in [-0.2, -0.15) is 0 Å². The Morgan fingerprint density at radius 2 is 1.56 bits per heavy atom. The van der Waals surface area contributed by atoms with Gasteiger partial charge < -0.3 is 10.1 Å². The third-order valence-corrected chi connectivity index (χ3v) is 8.98. The number of fused-ring (bicyclic) bond motifs is 1. The van der Waals surface area contributed by atoms with Gasteiger partial charge in [-0.05, 0) is 54.1 Å². The molecule has 0 radical (unpaired) electrons. The fraction of sp³-hybridized carbons (Fsp3) is 0.111. The molecule has 0 fully saturated rings. The lowest BCUT2D eigenvalue weighted by Crippen LogP contribution is -2.49. The fourth-order valence-electron chi connectivity index (χ4n) is 4.02. The summed E-state index contributed by atoms with van der Waals surface area (Å²) in [5, 5.41) is 2.68. The van der Waals surface area contributed by atoms with Crippen LogP contribution in [-0.2, 0) is 30.6 Å². The molecule has 2 heterocycles. The molecular formula is C27H24N4O6S2. The normalized spacial score (nSPS) is 15.1. The Hall–Kier alpha value is -4.42. The first kappa shape index (κ1) is 26.2. The highest BCUT2D eigenvalue weighted by molar-refractivity contribution is 7.92. The van der Waals surface area contributed by atoms with Crippen molar-refractivity contribution in [2.75, 3.05) is 20.9 Å². The number of amides is 1. The van der Waals surface area contributed by atoms with E-state index in [1.807, 2.05) is 0 Å². The molecule has 1 aliphatic rings. The summed E-state index contributed by atoms with van der Waals surface area (Å²) in [5.41, 5.74) is 1.29. The van der Waals surface area contributed by atoms with Crippen LogP contribution in [0, 0.1) is 0 Å². The molecule has 0 saturated carbocycles. The fourth-order valence-corrected chi connectivity index (χ4v) is 6.62. The maximum Gasteiger partial charge on any atom is 0.267 e. The van der Waals surface area contributed by atoms with E-state index in [4.69, 9.17) is 4.74 Å². The van der Waals surface area contributed by atoms with Crippen LogP contribution in [0.1, 0.15) is 5.56 Å². The van der Waals surface area contributed by atoms with Crippen LogP contribution in [-0.4, -0.2) is 40.4 Å². The number of hydrogen-bond acceptors (Lipinski definition) is 7. The van der Waals surface area contributed by atoms with Gasteiger partial charge in [-0.15, -0.1) is 0 Å². The van der Waals surface area contributed by atoms with Gasteiger partial charge in [0.05, 0.1) is 22.9 Å². The average molecular weight is 565 g/mol. The van der Waals surface area contributed by atoms with Crippen molar-refractivity contribution in [1.82, 2.24) is 4.98 Å². The molecule has 200 valence electrons. The Kier molecular flexibility index (Phi) is 7.22. The second kappa shape index (κ2) is 10.8. The number of aromatic nitrogens is 1. The number of hydrogen-bond donors (Lipinski definition) is 2. The van der Waals surface area contributed by atoms with Crippen molar-refractivity contribution in [3.8, 4) is 5.75 Å². The predicted molar refractivity (Wildman–Crippen MR) is 147 cm³/mol. The number of benzene rings is 3. The van der Waals surface area contributed by atoms with E-state index in [-0.39, 0.29) is 28.8 Å². The number of para-hydroxylation sites is 2. The van der Waals surface area contributed by atoms with Crippen molar-refractivity contribution >= 4 is 43.1 Å². The van der Waals surface area contributed by atoms with E-state index in [0.29, 0.717) is 16.9 Å². The molecule has 0 aliphatic carbocycles. The number of carbonyl (C=O) groups excluding carboxylic acids is 1. The molecule has 10 nitrogen and oxygen atoms in total. The molecule has 12 heteroatoms. The standard InChI is InChI=1S/C27H24N4O6S2/c32-27(29-21-13-15-22(16-14-21)39(35,36)30-26-12-6-7-17-28-26)25-18-31(23-10-4-5-11-24(23)37-25)38(33,34)19-20-8-2-1-3-9-20/h1-17,25H,18-19H2,(H,28,30)(H,29,32)/t25-/m0/s1. The second-order valence-corrected chi connectivity index (χ2v) is 12.3. The Balaban J connectivity index is 1.32. The Morgan fingerprint density at radius 3 is 2.28 bits per heavy atom. The van der Waals surface area contributed by atoms with Crippen LogP contribution in [0.15, 0.2) is 108 Å². The largest absolute Gasteiger partial charge is 0.476 e. The molecule has 2 N–H and O–H groups in total. The van der Waals surface area contributed by atoms with Crippen LogP contribution >= 0.6 is 0 Å². The van der Waals surface area contributed by atoms with E-state index >= 15 is 0 Å². The highest BCUT2D eigenvalue weighted by Crippen LogP contribution is 2.36. The van der Waals surface area contributed by atoms with Crippen molar-refractivity contribution in [3.05, 3.63) is 109 Å². The van der Waals surface area contributed by atoms with E-state index in [9.17, 15) is 21.6 Å². The Labute approximate surface area is 226 Å². The zero-order chi connectivity index (χ0) is 27.5. The minimum Gasteiger partial charge on any atom is -0.476 e. The highest BCUT2D eigenvalue weighted by Gasteiger charge is 2.36. The van der Waals surface area contributed by atoms with Crippen molar-refractivity contribution in [3.63, 3.8) is 0 Å².